The van der Waals surface area contributed by atoms with Gasteiger partial charge in [-0.25, -0.2) is 4.39 Å². The molecule has 0 aromatic heterocycles. The van der Waals surface area contributed by atoms with Crippen LogP contribution in [-0.2, 0) is 4.79 Å². The summed E-state index contributed by atoms with van der Waals surface area (Å²) < 4.78 is 13.7. The summed E-state index contributed by atoms with van der Waals surface area (Å²) in [5.41, 5.74) is 1.42. The second-order valence-corrected chi connectivity index (χ2v) is 6.36. The Labute approximate surface area is 135 Å². The SMILES string of the molecule is CCCCCCCCCC(=O)Nc1cc(Br)c(F)cc1C. The van der Waals surface area contributed by atoms with Gasteiger partial charge in [0.25, 0.3) is 0 Å². The van der Waals surface area contributed by atoms with E-state index in [0.29, 0.717) is 16.6 Å². The fourth-order valence-corrected chi connectivity index (χ4v) is 2.58. The summed E-state index contributed by atoms with van der Waals surface area (Å²) in [4.78, 5) is 11.9. The van der Waals surface area contributed by atoms with Gasteiger partial charge in [-0.3, -0.25) is 4.79 Å². The topological polar surface area (TPSA) is 29.1 Å². The zero-order valence-electron chi connectivity index (χ0n) is 13.0. The predicted molar refractivity (Wildman–Crippen MR) is 90.1 cm³/mol. The minimum absolute atomic E-state index is 0.00478. The lowest BCUT2D eigenvalue weighted by molar-refractivity contribution is -0.116. The van der Waals surface area contributed by atoms with Crippen LogP contribution >= 0.6 is 15.9 Å². The highest BCUT2D eigenvalue weighted by molar-refractivity contribution is 9.10. The van der Waals surface area contributed by atoms with Gasteiger partial charge in [0.2, 0.25) is 5.91 Å². The van der Waals surface area contributed by atoms with E-state index in [1.54, 1.807) is 13.0 Å². The molecule has 4 heteroatoms. The molecule has 0 aliphatic carbocycles. The highest BCUT2D eigenvalue weighted by Gasteiger charge is 2.08. The molecule has 0 spiro atoms. The summed E-state index contributed by atoms with van der Waals surface area (Å²) in [6.07, 6.45) is 8.87. The maximum Gasteiger partial charge on any atom is 0.224 e. The summed E-state index contributed by atoms with van der Waals surface area (Å²) >= 11 is 3.14. The van der Waals surface area contributed by atoms with Crippen molar-refractivity contribution in [2.24, 2.45) is 0 Å². The second-order valence-electron chi connectivity index (χ2n) is 5.50. The minimum atomic E-state index is -0.308. The largest absolute Gasteiger partial charge is 0.326 e. The Morgan fingerprint density at radius 1 is 1.14 bits per heavy atom. The molecule has 1 amide bonds. The van der Waals surface area contributed by atoms with E-state index in [-0.39, 0.29) is 11.7 Å². The van der Waals surface area contributed by atoms with Crippen molar-refractivity contribution >= 4 is 27.5 Å². The van der Waals surface area contributed by atoms with Crippen molar-refractivity contribution in [3.8, 4) is 0 Å². The molecule has 0 atom stereocenters. The third-order valence-electron chi connectivity index (χ3n) is 3.55. The molecule has 0 aliphatic heterocycles. The Bertz CT molecular complexity index is 462. The molecule has 0 saturated carbocycles. The van der Waals surface area contributed by atoms with Crippen LogP contribution in [0.15, 0.2) is 16.6 Å². The van der Waals surface area contributed by atoms with Gasteiger partial charge in [0.15, 0.2) is 0 Å². The first-order chi connectivity index (χ1) is 10.0. The second kappa shape index (κ2) is 9.93. The number of amides is 1. The number of rotatable bonds is 9. The first kappa shape index (κ1) is 18.1. The van der Waals surface area contributed by atoms with Crippen molar-refractivity contribution in [3.05, 3.63) is 28.0 Å². The smallest absolute Gasteiger partial charge is 0.224 e. The Morgan fingerprint density at radius 3 is 2.43 bits per heavy atom. The fourth-order valence-electron chi connectivity index (χ4n) is 2.24. The van der Waals surface area contributed by atoms with Gasteiger partial charge in [-0.2, -0.15) is 0 Å². The molecule has 0 heterocycles. The van der Waals surface area contributed by atoms with E-state index < -0.39 is 0 Å². The van der Waals surface area contributed by atoms with E-state index in [1.165, 1.54) is 38.2 Å². The molecule has 1 N–H and O–H groups in total. The molecular formula is C17H25BrFNO. The number of anilines is 1. The van der Waals surface area contributed by atoms with E-state index in [4.69, 9.17) is 0 Å². The molecule has 0 radical (unpaired) electrons. The van der Waals surface area contributed by atoms with E-state index in [0.717, 1.165) is 18.4 Å². The van der Waals surface area contributed by atoms with Crippen LogP contribution in [0.5, 0.6) is 0 Å². The van der Waals surface area contributed by atoms with Crippen molar-refractivity contribution in [1.82, 2.24) is 0 Å². The van der Waals surface area contributed by atoms with Crippen molar-refractivity contribution in [2.75, 3.05) is 5.32 Å². The summed E-state index contributed by atoms with van der Waals surface area (Å²) in [6, 6.07) is 3.04. The minimum Gasteiger partial charge on any atom is -0.326 e. The van der Waals surface area contributed by atoms with Crippen molar-refractivity contribution in [3.63, 3.8) is 0 Å². The molecule has 118 valence electrons. The van der Waals surface area contributed by atoms with Crippen LogP contribution in [0.25, 0.3) is 0 Å². The van der Waals surface area contributed by atoms with Crippen molar-refractivity contribution < 1.29 is 9.18 Å². The lowest BCUT2D eigenvalue weighted by Crippen LogP contribution is -2.12. The summed E-state index contributed by atoms with van der Waals surface area (Å²) in [5, 5.41) is 2.85. The van der Waals surface area contributed by atoms with Crippen LogP contribution in [0.2, 0.25) is 0 Å². The quantitative estimate of drug-likeness (QED) is 0.541. The highest BCUT2D eigenvalue weighted by Crippen LogP contribution is 2.24. The number of carbonyl (C=O) groups excluding carboxylic acids is 1. The number of hydrogen-bond donors (Lipinski definition) is 1. The van der Waals surface area contributed by atoms with Gasteiger partial charge in [0.05, 0.1) is 4.47 Å². The van der Waals surface area contributed by atoms with E-state index in [2.05, 4.69) is 28.2 Å². The molecule has 0 fully saturated rings. The fraction of sp³-hybridized carbons (Fsp3) is 0.588. The molecule has 0 bridgehead atoms. The van der Waals surface area contributed by atoms with Crippen molar-refractivity contribution in [1.29, 1.82) is 0 Å². The first-order valence-corrected chi connectivity index (χ1v) is 8.59. The normalized spacial score (nSPS) is 10.7. The molecule has 0 unspecified atom stereocenters. The molecule has 0 aliphatic rings. The highest BCUT2D eigenvalue weighted by atomic mass is 79.9. The van der Waals surface area contributed by atoms with Gasteiger partial charge in [-0.05, 0) is 47.0 Å². The Kier molecular flexibility index (Phi) is 8.58. The number of aryl methyl sites for hydroxylation is 1. The number of carbonyl (C=O) groups is 1. The third-order valence-corrected chi connectivity index (χ3v) is 4.16. The maximum absolute atomic E-state index is 13.3. The zero-order valence-corrected chi connectivity index (χ0v) is 14.6. The molecule has 21 heavy (non-hydrogen) atoms. The van der Waals surface area contributed by atoms with E-state index in [1.807, 2.05) is 0 Å². The summed E-state index contributed by atoms with van der Waals surface area (Å²) in [6.45, 7) is 4.00. The Morgan fingerprint density at radius 2 is 1.76 bits per heavy atom. The molecular weight excluding hydrogens is 333 g/mol. The molecule has 1 aromatic rings. The van der Waals surface area contributed by atoms with Crippen LogP contribution in [0, 0.1) is 12.7 Å². The Balaban J connectivity index is 2.26. The third kappa shape index (κ3) is 7.07. The number of hydrogen-bond acceptors (Lipinski definition) is 1. The lowest BCUT2D eigenvalue weighted by atomic mass is 10.1. The zero-order chi connectivity index (χ0) is 15.7. The summed E-state index contributed by atoms with van der Waals surface area (Å²) in [7, 11) is 0. The number of nitrogens with one attached hydrogen (secondary N) is 1. The molecule has 2 nitrogen and oxygen atoms in total. The van der Waals surface area contributed by atoms with Gasteiger partial charge in [-0.1, -0.05) is 45.4 Å². The van der Waals surface area contributed by atoms with E-state index in [9.17, 15) is 9.18 Å². The lowest BCUT2D eigenvalue weighted by Gasteiger charge is -2.09. The van der Waals surface area contributed by atoms with Gasteiger partial charge < -0.3 is 5.32 Å². The molecule has 0 saturated heterocycles. The first-order valence-electron chi connectivity index (χ1n) is 7.80. The average molecular weight is 358 g/mol. The van der Waals surface area contributed by atoms with Crippen LogP contribution < -0.4 is 5.32 Å². The van der Waals surface area contributed by atoms with Gasteiger partial charge in [0, 0.05) is 12.1 Å². The monoisotopic (exact) mass is 357 g/mol. The maximum atomic E-state index is 13.3. The van der Waals surface area contributed by atoms with Crippen LogP contribution in [0.3, 0.4) is 0 Å². The molecule has 1 aromatic carbocycles. The number of benzene rings is 1. The molecule has 1 rings (SSSR count). The van der Waals surface area contributed by atoms with Crippen molar-refractivity contribution in [2.45, 2.75) is 65.2 Å². The van der Waals surface area contributed by atoms with Gasteiger partial charge in [0.1, 0.15) is 5.82 Å². The number of halogens is 2. The van der Waals surface area contributed by atoms with Gasteiger partial charge in [-0.15, -0.1) is 0 Å². The predicted octanol–water partition coefficient (Wildman–Crippen LogP) is 5.98. The Hall–Kier alpha value is -0.900. The van der Waals surface area contributed by atoms with E-state index >= 15 is 0 Å². The van der Waals surface area contributed by atoms with Crippen LogP contribution in [0.1, 0.15) is 63.9 Å². The average Bonchev–Trinajstić information content (AvgIpc) is 2.44. The number of unbranched alkanes of at least 4 members (excludes halogenated alkanes) is 6. The van der Waals surface area contributed by atoms with Crippen LogP contribution in [-0.4, -0.2) is 5.91 Å². The van der Waals surface area contributed by atoms with Crippen LogP contribution in [0.4, 0.5) is 10.1 Å². The summed E-state index contributed by atoms with van der Waals surface area (Å²) in [5.74, 6) is -0.303. The standard InChI is InChI=1S/C17H25BrFNO/c1-3-4-5-6-7-8-9-10-17(21)20-16-12-14(18)15(19)11-13(16)2/h11-12H,3-10H2,1-2H3,(H,20,21). The van der Waals surface area contributed by atoms with Gasteiger partial charge >= 0.3 is 0 Å².